The van der Waals surface area contributed by atoms with Crippen molar-refractivity contribution in [1.82, 2.24) is 0 Å². The fourth-order valence-corrected chi connectivity index (χ4v) is 1.54. The lowest BCUT2D eigenvalue weighted by molar-refractivity contribution is -0.215. The van der Waals surface area contributed by atoms with Crippen molar-refractivity contribution in [3.63, 3.8) is 0 Å². The first-order valence-corrected chi connectivity index (χ1v) is 4.87. The first-order chi connectivity index (χ1) is 7.49. The van der Waals surface area contributed by atoms with E-state index in [4.69, 9.17) is 5.73 Å². The fourth-order valence-electron chi connectivity index (χ4n) is 1.54. The Morgan fingerprint density at radius 3 is 2.56 bits per heavy atom. The zero-order valence-electron chi connectivity index (χ0n) is 8.92. The number of rotatable bonds is 4. The molecule has 0 aliphatic rings. The maximum absolute atomic E-state index is 12.6. The largest absolute Gasteiger partial charge is 0.418 e. The SMILES string of the molecule is COC(c1cccc(CCN)c1)C(F)(F)F. The lowest BCUT2D eigenvalue weighted by Crippen LogP contribution is -2.22. The van der Waals surface area contributed by atoms with Crippen LogP contribution in [0.2, 0.25) is 0 Å². The molecular weight excluding hydrogens is 219 g/mol. The topological polar surface area (TPSA) is 35.2 Å². The van der Waals surface area contributed by atoms with E-state index in [2.05, 4.69) is 4.74 Å². The van der Waals surface area contributed by atoms with Crippen molar-refractivity contribution in [3.05, 3.63) is 35.4 Å². The van der Waals surface area contributed by atoms with Crippen LogP contribution in [0.25, 0.3) is 0 Å². The van der Waals surface area contributed by atoms with Gasteiger partial charge in [0.15, 0.2) is 6.10 Å². The van der Waals surface area contributed by atoms with Gasteiger partial charge in [0.25, 0.3) is 0 Å². The highest BCUT2D eigenvalue weighted by atomic mass is 19.4. The summed E-state index contributed by atoms with van der Waals surface area (Å²) in [5.41, 5.74) is 6.25. The van der Waals surface area contributed by atoms with E-state index in [1.165, 1.54) is 12.1 Å². The van der Waals surface area contributed by atoms with E-state index in [9.17, 15) is 13.2 Å². The molecule has 0 heterocycles. The second kappa shape index (κ2) is 5.32. The fraction of sp³-hybridized carbons (Fsp3) is 0.455. The van der Waals surface area contributed by atoms with Crippen LogP contribution in [0, 0.1) is 0 Å². The van der Waals surface area contributed by atoms with Gasteiger partial charge in [0.2, 0.25) is 0 Å². The average Bonchev–Trinajstić information content (AvgIpc) is 2.17. The molecule has 0 aromatic heterocycles. The number of methoxy groups -OCH3 is 1. The van der Waals surface area contributed by atoms with Crippen molar-refractivity contribution >= 4 is 0 Å². The predicted octanol–water partition coefficient (Wildman–Crippen LogP) is 2.44. The second-order valence-corrected chi connectivity index (χ2v) is 3.44. The lowest BCUT2D eigenvalue weighted by atomic mass is 10.0. The quantitative estimate of drug-likeness (QED) is 0.866. The first-order valence-electron chi connectivity index (χ1n) is 4.87. The minimum atomic E-state index is -4.39. The summed E-state index contributed by atoms with van der Waals surface area (Å²) in [7, 11) is 1.05. The molecule has 0 spiro atoms. The number of benzene rings is 1. The van der Waals surface area contributed by atoms with Crippen molar-refractivity contribution in [2.24, 2.45) is 5.73 Å². The van der Waals surface area contributed by atoms with Gasteiger partial charge in [-0.25, -0.2) is 0 Å². The van der Waals surface area contributed by atoms with Crippen molar-refractivity contribution in [2.45, 2.75) is 18.7 Å². The monoisotopic (exact) mass is 233 g/mol. The number of halogens is 3. The molecule has 0 bridgehead atoms. The number of ether oxygens (including phenoxy) is 1. The Morgan fingerprint density at radius 1 is 1.38 bits per heavy atom. The molecule has 0 aliphatic carbocycles. The van der Waals surface area contributed by atoms with Crippen LogP contribution in [0.4, 0.5) is 13.2 Å². The van der Waals surface area contributed by atoms with Crippen LogP contribution in [-0.2, 0) is 11.2 Å². The lowest BCUT2D eigenvalue weighted by Gasteiger charge is -2.19. The van der Waals surface area contributed by atoms with Crippen molar-refractivity contribution in [2.75, 3.05) is 13.7 Å². The average molecular weight is 233 g/mol. The first kappa shape index (κ1) is 13.0. The number of alkyl halides is 3. The highest BCUT2D eigenvalue weighted by Crippen LogP contribution is 2.35. The minimum absolute atomic E-state index is 0.112. The molecule has 1 aromatic carbocycles. The van der Waals surface area contributed by atoms with E-state index in [0.29, 0.717) is 13.0 Å². The zero-order valence-corrected chi connectivity index (χ0v) is 8.92. The molecule has 1 aromatic rings. The maximum Gasteiger partial charge on any atom is 0.418 e. The Balaban J connectivity index is 2.97. The van der Waals surface area contributed by atoms with E-state index in [-0.39, 0.29) is 5.56 Å². The van der Waals surface area contributed by atoms with Crippen LogP contribution < -0.4 is 5.73 Å². The van der Waals surface area contributed by atoms with Crippen molar-refractivity contribution < 1.29 is 17.9 Å². The molecule has 0 aliphatic heterocycles. The molecule has 0 saturated carbocycles. The molecule has 16 heavy (non-hydrogen) atoms. The van der Waals surface area contributed by atoms with Gasteiger partial charge in [-0.15, -0.1) is 0 Å². The molecule has 0 radical (unpaired) electrons. The van der Waals surface area contributed by atoms with Gasteiger partial charge in [0.05, 0.1) is 0 Å². The summed E-state index contributed by atoms with van der Waals surface area (Å²) in [4.78, 5) is 0. The molecule has 2 N–H and O–H groups in total. The van der Waals surface area contributed by atoms with Gasteiger partial charge >= 0.3 is 6.18 Å². The van der Waals surface area contributed by atoms with Gasteiger partial charge < -0.3 is 10.5 Å². The van der Waals surface area contributed by atoms with Crippen LogP contribution >= 0.6 is 0 Å². The summed E-state index contributed by atoms with van der Waals surface area (Å²) >= 11 is 0. The molecule has 2 nitrogen and oxygen atoms in total. The summed E-state index contributed by atoms with van der Waals surface area (Å²) in [6.45, 7) is 0.410. The van der Waals surface area contributed by atoms with Gasteiger partial charge in [-0.3, -0.25) is 0 Å². The van der Waals surface area contributed by atoms with Crippen LogP contribution in [-0.4, -0.2) is 19.8 Å². The van der Waals surface area contributed by atoms with E-state index in [0.717, 1.165) is 12.7 Å². The summed E-state index contributed by atoms with van der Waals surface area (Å²) in [5, 5.41) is 0. The third-order valence-corrected chi connectivity index (χ3v) is 2.22. The third kappa shape index (κ3) is 3.21. The Kier molecular flexibility index (Phi) is 4.32. The molecule has 0 fully saturated rings. The van der Waals surface area contributed by atoms with Gasteiger partial charge in [0, 0.05) is 7.11 Å². The molecular formula is C11H14F3NO. The molecule has 1 rings (SSSR count). The van der Waals surface area contributed by atoms with Crippen molar-refractivity contribution in [3.8, 4) is 0 Å². The highest BCUT2D eigenvalue weighted by molar-refractivity contribution is 5.26. The molecule has 0 saturated heterocycles. The van der Waals surface area contributed by atoms with Gasteiger partial charge in [-0.05, 0) is 24.1 Å². The number of nitrogens with two attached hydrogens (primary N) is 1. The smallest absolute Gasteiger partial charge is 0.367 e. The predicted molar refractivity (Wildman–Crippen MR) is 55.0 cm³/mol. The molecule has 0 amide bonds. The normalized spacial score (nSPS) is 13.8. The van der Waals surface area contributed by atoms with Crippen LogP contribution in [0.5, 0.6) is 0 Å². The van der Waals surface area contributed by atoms with Crippen LogP contribution in [0.3, 0.4) is 0 Å². The standard InChI is InChI=1S/C11H14F3NO/c1-16-10(11(12,13)14)9-4-2-3-8(7-9)5-6-15/h2-4,7,10H,5-6,15H2,1H3. The van der Waals surface area contributed by atoms with E-state index in [1.54, 1.807) is 12.1 Å². The molecule has 90 valence electrons. The molecule has 5 heteroatoms. The van der Waals surface area contributed by atoms with Gasteiger partial charge in [0.1, 0.15) is 0 Å². The van der Waals surface area contributed by atoms with Crippen molar-refractivity contribution in [1.29, 1.82) is 0 Å². The third-order valence-electron chi connectivity index (χ3n) is 2.22. The molecule has 1 atom stereocenters. The highest BCUT2D eigenvalue weighted by Gasteiger charge is 2.41. The van der Waals surface area contributed by atoms with Gasteiger partial charge in [-0.1, -0.05) is 24.3 Å². The Bertz CT molecular complexity index is 338. The molecule has 1 unspecified atom stereocenters. The van der Waals surface area contributed by atoms with E-state index in [1.807, 2.05) is 0 Å². The van der Waals surface area contributed by atoms with E-state index >= 15 is 0 Å². The summed E-state index contributed by atoms with van der Waals surface area (Å²) < 4.78 is 42.2. The summed E-state index contributed by atoms with van der Waals surface area (Å²) in [6, 6.07) is 6.22. The van der Waals surface area contributed by atoms with Crippen LogP contribution in [0.15, 0.2) is 24.3 Å². The number of hydrogen-bond acceptors (Lipinski definition) is 2. The number of hydrogen-bond donors (Lipinski definition) is 1. The Hall–Kier alpha value is -1.07. The Labute approximate surface area is 92.2 Å². The van der Waals surface area contributed by atoms with E-state index < -0.39 is 12.3 Å². The Morgan fingerprint density at radius 2 is 2.06 bits per heavy atom. The zero-order chi connectivity index (χ0) is 12.2. The summed E-state index contributed by atoms with van der Waals surface area (Å²) in [6.07, 6.45) is -5.71. The second-order valence-electron chi connectivity index (χ2n) is 3.44. The van der Waals surface area contributed by atoms with Crippen LogP contribution in [0.1, 0.15) is 17.2 Å². The van der Waals surface area contributed by atoms with Gasteiger partial charge in [-0.2, -0.15) is 13.2 Å². The minimum Gasteiger partial charge on any atom is -0.367 e. The summed E-state index contributed by atoms with van der Waals surface area (Å²) in [5.74, 6) is 0. The maximum atomic E-state index is 12.6.